The van der Waals surface area contributed by atoms with Crippen LogP contribution >= 0.6 is 15.9 Å². The van der Waals surface area contributed by atoms with Gasteiger partial charge in [-0.15, -0.1) is 0 Å². The van der Waals surface area contributed by atoms with E-state index in [0.717, 1.165) is 28.8 Å². The fraction of sp³-hybridized carbons (Fsp3) is 0.500. The molecule has 0 fully saturated rings. The van der Waals surface area contributed by atoms with Crippen molar-refractivity contribution in [2.24, 2.45) is 5.41 Å². The van der Waals surface area contributed by atoms with Crippen molar-refractivity contribution in [3.8, 4) is 0 Å². The van der Waals surface area contributed by atoms with Crippen LogP contribution in [0.3, 0.4) is 0 Å². The Morgan fingerprint density at radius 3 is 2.65 bits per heavy atom. The average molecular weight is 295 g/mol. The number of rotatable bonds is 2. The zero-order valence-corrected chi connectivity index (χ0v) is 12.5. The number of aryl methyl sites for hydroxylation is 1. The highest BCUT2D eigenvalue weighted by Crippen LogP contribution is 2.27. The molecule has 3 heteroatoms. The molecule has 2 rings (SSSR count). The highest BCUT2D eigenvalue weighted by atomic mass is 79.9. The van der Waals surface area contributed by atoms with Crippen molar-refractivity contribution in [1.29, 1.82) is 0 Å². The Balaban J connectivity index is 2.56. The van der Waals surface area contributed by atoms with Gasteiger partial charge in [-0.3, -0.25) is 4.40 Å². The number of hydrogen-bond donors (Lipinski definition) is 0. The number of halogens is 1. The molecule has 17 heavy (non-hydrogen) atoms. The Labute approximate surface area is 111 Å². The smallest absolute Gasteiger partial charge is 0.141 e. The second-order valence-electron chi connectivity index (χ2n) is 5.67. The Bertz CT molecular complexity index is 535. The Morgan fingerprint density at radius 1 is 1.35 bits per heavy atom. The second kappa shape index (κ2) is 4.45. The standard InChI is InChI=1S/C14H19BrN2/c1-5-10-7-6-8-17-12(15)11(16-13(10)17)9-14(2,3)4/h6-8H,5,9H2,1-4H3. The summed E-state index contributed by atoms with van der Waals surface area (Å²) in [6, 6.07) is 4.23. The van der Waals surface area contributed by atoms with Crippen LogP contribution in [-0.4, -0.2) is 9.38 Å². The number of hydrogen-bond acceptors (Lipinski definition) is 1. The lowest BCUT2D eigenvalue weighted by molar-refractivity contribution is 0.406. The summed E-state index contributed by atoms with van der Waals surface area (Å²) >= 11 is 3.67. The molecule has 0 aliphatic rings. The molecule has 2 heterocycles. The van der Waals surface area contributed by atoms with Crippen LogP contribution in [0.4, 0.5) is 0 Å². The summed E-state index contributed by atoms with van der Waals surface area (Å²) in [7, 11) is 0. The molecule has 0 aliphatic heterocycles. The lowest BCUT2D eigenvalue weighted by Crippen LogP contribution is -2.09. The Hall–Kier alpha value is -0.830. The maximum Gasteiger partial charge on any atom is 0.141 e. The summed E-state index contributed by atoms with van der Waals surface area (Å²) in [5.41, 5.74) is 3.79. The van der Waals surface area contributed by atoms with Gasteiger partial charge in [-0.1, -0.05) is 33.8 Å². The van der Waals surface area contributed by atoms with Crippen molar-refractivity contribution < 1.29 is 0 Å². The summed E-state index contributed by atoms with van der Waals surface area (Å²) < 4.78 is 3.23. The predicted molar refractivity (Wildman–Crippen MR) is 75.4 cm³/mol. The van der Waals surface area contributed by atoms with Crippen molar-refractivity contribution in [1.82, 2.24) is 9.38 Å². The molecule has 0 bridgehead atoms. The van der Waals surface area contributed by atoms with Gasteiger partial charge in [0.1, 0.15) is 10.3 Å². The number of pyridine rings is 1. The normalized spacial score (nSPS) is 12.3. The lowest BCUT2D eigenvalue weighted by Gasteiger charge is -2.16. The van der Waals surface area contributed by atoms with Gasteiger partial charge in [-0.25, -0.2) is 4.98 Å². The summed E-state index contributed by atoms with van der Waals surface area (Å²) in [5, 5.41) is 0. The topological polar surface area (TPSA) is 17.3 Å². The van der Waals surface area contributed by atoms with Crippen LogP contribution in [-0.2, 0) is 12.8 Å². The van der Waals surface area contributed by atoms with Crippen molar-refractivity contribution >= 4 is 21.6 Å². The highest BCUT2D eigenvalue weighted by Gasteiger charge is 2.18. The van der Waals surface area contributed by atoms with E-state index < -0.39 is 0 Å². The molecule has 0 saturated heterocycles. The first-order valence-corrected chi connectivity index (χ1v) is 6.86. The van der Waals surface area contributed by atoms with Crippen LogP contribution in [0, 0.1) is 5.41 Å². The molecule has 2 aromatic rings. The van der Waals surface area contributed by atoms with Gasteiger partial charge in [-0.05, 0) is 45.8 Å². The average Bonchev–Trinajstić information content (AvgIpc) is 2.54. The van der Waals surface area contributed by atoms with Crippen LogP contribution in [0.5, 0.6) is 0 Å². The molecule has 0 saturated carbocycles. The largest absolute Gasteiger partial charge is 0.294 e. The van der Waals surface area contributed by atoms with Crippen LogP contribution in [0.2, 0.25) is 0 Å². The summed E-state index contributed by atoms with van der Waals surface area (Å²) in [4.78, 5) is 4.78. The van der Waals surface area contributed by atoms with E-state index in [-0.39, 0.29) is 5.41 Å². The minimum Gasteiger partial charge on any atom is -0.294 e. The van der Waals surface area contributed by atoms with Gasteiger partial charge in [0, 0.05) is 6.20 Å². The fourth-order valence-electron chi connectivity index (χ4n) is 2.03. The number of fused-ring (bicyclic) bond motifs is 1. The van der Waals surface area contributed by atoms with Gasteiger partial charge >= 0.3 is 0 Å². The zero-order chi connectivity index (χ0) is 12.6. The highest BCUT2D eigenvalue weighted by molar-refractivity contribution is 9.10. The molecule has 0 amide bonds. The maximum absolute atomic E-state index is 4.78. The van der Waals surface area contributed by atoms with Gasteiger partial charge < -0.3 is 0 Å². The Kier molecular flexibility index (Phi) is 3.30. The van der Waals surface area contributed by atoms with Gasteiger partial charge in [0.05, 0.1) is 5.69 Å². The van der Waals surface area contributed by atoms with E-state index in [9.17, 15) is 0 Å². The van der Waals surface area contributed by atoms with E-state index in [0.29, 0.717) is 0 Å². The van der Waals surface area contributed by atoms with E-state index in [4.69, 9.17) is 4.98 Å². The lowest BCUT2D eigenvalue weighted by atomic mass is 9.91. The first-order valence-electron chi connectivity index (χ1n) is 6.06. The molecule has 0 spiro atoms. The zero-order valence-electron chi connectivity index (χ0n) is 10.9. The molecular weight excluding hydrogens is 276 g/mol. The summed E-state index contributed by atoms with van der Waals surface area (Å²) in [6.45, 7) is 8.89. The molecule has 0 N–H and O–H groups in total. The van der Waals surface area contributed by atoms with Crippen molar-refractivity contribution in [2.75, 3.05) is 0 Å². The van der Waals surface area contributed by atoms with Gasteiger partial charge in [-0.2, -0.15) is 0 Å². The first kappa shape index (κ1) is 12.6. The second-order valence-corrected chi connectivity index (χ2v) is 6.42. The fourth-order valence-corrected chi connectivity index (χ4v) is 2.55. The number of nitrogens with zero attached hydrogens (tertiary/aromatic N) is 2. The van der Waals surface area contributed by atoms with E-state index in [2.05, 4.69) is 66.4 Å². The van der Waals surface area contributed by atoms with Crippen LogP contribution in [0.25, 0.3) is 5.65 Å². The minimum atomic E-state index is 0.257. The van der Waals surface area contributed by atoms with Crippen LogP contribution in [0.15, 0.2) is 22.9 Å². The first-order chi connectivity index (χ1) is 7.92. The third-order valence-corrected chi connectivity index (χ3v) is 3.66. The monoisotopic (exact) mass is 294 g/mol. The van der Waals surface area contributed by atoms with Gasteiger partial charge in [0.25, 0.3) is 0 Å². The maximum atomic E-state index is 4.78. The molecular formula is C14H19BrN2. The summed E-state index contributed by atoms with van der Waals surface area (Å²) in [6.07, 6.45) is 4.07. The molecule has 0 radical (unpaired) electrons. The van der Waals surface area contributed by atoms with E-state index in [1.165, 1.54) is 5.56 Å². The molecule has 0 atom stereocenters. The van der Waals surface area contributed by atoms with Crippen LogP contribution < -0.4 is 0 Å². The van der Waals surface area contributed by atoms with Crippen molar-refractivity contribution in [3.05, 3.63) is 34.2 Å². The number of aromatic nitrogens is 2. The molecule has 2 nitrogen and oxygen atoms in total. The van der Waals surface area contributed by atoms with Gasteiger partial charge in [0.2, 0.25) is 0 Å². The SMILES string of the molecule is CCc1cccn2c(Br)c(CC(C)(C)C)nc12. The third kappa shape index (κ3) is 2.54. The molecule has 92 valence electrons. The predicted octanol–water partition coefficient (Wildman–Crippen LogP) is 4.25. The van der Waals surface area contributed by atoms with Gasteiger partial charge in [0.15, 0.2) is 0 Å². The quantitative estimate of drug-likeness (QED) is 0.809. The van der Waals surface area contributed by atoms with E-state index in [1.54, 1.807) is 0 Å². The number of imidazole rings is 1. The van der Waals surface area contributed by atoms with Crippen molar-refractivity contribution in [3.63, 3.8) is 0 Å². The van der Waals surface area contributed by atoms with Crippen LogP contribution in [0.1, 0.15) is 39.0 Å². The minimum absolute atomic E-state index is 0.257. The van der Waals surface area contributed by atoms with E-state index in [1.807, 2.05) is 0 Å². The third-order valence-electron chi connectivity index (χ3n) is 2.82. The molecule has 0 unspecified atom stereocenters. The van der Waals surface area contributed by atoms with E-state index >= 15 is 0 Å². The molecule has 0 aromatic carbocycles. The molecule has 2 aromatic heterocycles. The Morgan fingerprint density at radius 2 is 2.06 bits per heavy atom. The van der Waals surface area contributed by atoms with Crippen molar-refractivity contribution in [2.45, 2.75) is 40.5 Å². The summed E-state index contributed by atoms with van der Waals surface area (Å²) in [5.74, 6) is 0. The molecule has 0 aliphatic carbocycles.